The molecule has 4 rings (SSSR count). The molecule has 1 heterocycles. The molecule has 0 saturated carbocycles. The number of nitrogen functional groups attached to an aromatic ring is 1. The van der Waals surface area contributed by atoms with Crippen LogP contribution >= 0.6 is 0 Å². The molecule has 3 aromatic carbocycles. The molecule has 0 aliphatic heterocycles. The standard InChI is InChI=1S/C22H18N2/c1-15-12-13-18-19(14-15)20(16-8-4-2-5-9-16)21(24-22(18)23)17-10-6-3-7-11-17/h2-14H,1H3,(H2,23,24). The molecular weight excluding hydrogens is 292 g/mol. The van der Waals surface area contributed by atoms with Gasteiger partial charge in [0, 0.05) is 16.5 Å². The largest absolute Gasteiger partial charge is 0.383 e. The van der Waals surface area contributed by atoms with Crippen molar-refractivity contribution in [3.05, 3.63) is 84.4 Å². The monoisotopic (exact) mass is 310 g/mol. The van der Waals surface area contributed by atoms with Crippen LogP contribution in [0.1, 0.15) is 5.56 Å². The number of hydrogen-bond acceptors (Lipinski definition) is 2. The van der Waals surface area contributed by atoms with Gasteiger partial charge in [-0.3, -0.25) is 0 Å². The molecule has 2 nitrogen and oxygen atoms in total. The van der Waals surface area contributed by atoms with Crippen LogP contribution < -0.4 is 5.73 Å². The number of hydrogen-bond donors (Lipinski definition) is 1. The molecule has 0 radical (unpaired) electrons. The van der Waals surface area contributed by atoms with Crippen molar-refractivity contribution in [3.63, 3.8) is 0 Å². The molecule has 0 saturated heterocycles. The van der Waals surface area contributed by atoms with Gasteiger partial charge in [-0.15, -0.1) is 0 Å². The van der Waals surface area contributed by atoms with Crippen LogP contribution in [0.15, 0.2) is 78.9 Å². The molecule has 0 aliphatic rings. The maximum Gasteiger partial charge on any atom is 0.132 e. The second-order valence-electron chi connectivity index (χ2n) is 6.00. The Morgan fingerprint density at radius 3 is 2.00 bits per heavy atom. The van der Waals surface area contributed by atoms with Crippen LogP contribution in [-0.2, 0) is 0 Å². The first-order chi connectivity index (χ1) is 11.7. The minimum atomic E-state index is 0.573. The summed E-state index contributed by atoms with van der Waals surface area (Å²) in [7, 11) is 0. The zero-order valence-corrected chi connectivity index (χ0v) is 13.5. The Balaban J connectivity index is 2.16. The van der Waals surface area contributed by atoms with Crippen LogP contribution in [0.5, 0.6) is 0 Å². The lowest BCUT2D eigenvalue weighted by molar-refractivity contribution is 1.35. The first-order valence-electron chi connectivity index (χ1n) is 8.05. The molecule has 2 N–H and O–H groups in total. The predicted molar refractivity (Wildman–Crippen MR) is 102 cm³/mol. The third kappa shape index (κ3) is 2.42. The number of pyridine rings is 1. The molecule has 2 heteroatoms. The number of aryl methyl sites for hydroxylation is 1. The van der Waals surface area contributed by atoms with E-state index < -0.39 is 0 Å². The lowest BCUT2D eigenvalue weighted by Gasteiger charge is -2.15. The Hall–Kier alpha value is -3.13. The summed E-state index contributed by atoms with van der Waals surface area (Å²) in [6.45, 7) is 2.10. The Labute approximate surface area is 141 Å². The maximum absolute atomic E-state index is 6.28. The van der Waals surface area contributed by atoms with Gasteiger partial charge in [0.25, 0.3) is 0 Å². The van der Waals surface area contributed by atoms with E-state index in [0.29, 0.717) is 5.82 Å². The molecule has 0 aliphatic carbocycles. The van der Waals surface area contributed by atoms with E-state index in [1.54, 1.807) is 0 Å². The molecule has 24 heavy (non-hydrogen) atoms. The molecule has 116 valence electrons. The first kappa shape index (κ1) is 14.5. The van der Waals surface area contributed by atoms with Crippen LogP contribution in [0.4, 0.5) is 5.82 Å². The Morgan fingerprint density at radius 1 is 0.708 bits per heavy atom. The number of nitrogens with two attached hydrogens (primary N) is 1. The topological polar surface area (TPSA) is 38.9 Å². The fourth-order valence-electron chi connectivity index (χ4n) is 3.15. The molecule has 0 bridgehead atoms. The molecular formula is C22H18N2. The van der Waals surface area contributed by atoms with Crippen molar-refractivity contribution in [2.45, 2.75) is 6.92 Å². The SMILES string of the molecule is Cc1ccc2c(N)nc(-c3ccccc3)c(-c3ccccc3)c2c1. The molecule has 4 aromatic rings. The van der Waals surface area contributed by atoms with Crippen LogP contribution in [-0.4, -0.2) is 4.98 Å². The summed E-state index contributed by atoms with van der Waals surface area (Å²) in [6.07, 6.45) is 0. The summed E-state index contributed by atoms with van der Waals surface area (Å²) in [4.78, 5) is 4.76. The van der Waals surface area contributed by atoms with Crippen molar-refractivity contribution >= 4 is 16.6 Å². The van der Waals surface area contributed by atoms with Gasteiger partial charge in [-0.25, -0.2) is 4.98 Å². The molecule has 0 spiro atoms. The van der Waals surface area contributed by atoms with Crippen molar-refractivity contribution in [3.8, 4) is 22.4 Å². The summed E-state index contributed by atoms with van der Waals surface area (Å²) in [5.41, 5.74) is 11.8. The van der Waals surface area contributed by atoms with E-state index >= 15 is 0 Å². The highest BCUT2D eigenvalue weighted by Crippen LogP contribution is 2.38. The quantitative estimate of drug-likeness (QED) is 0.534. The minimum Gasteiger partial charge on any atom is -0.383 e. The number of aromatic nitrogens is 1. The highest BCUT2D eigenvalue weighted by molar-refractivity contribution is 6.06. The van der Waals surface area contributed by atoms with E-state index in [2.05, 4.69) is 61.5 Å². The van der Waals surface area contributed by atoms with Crippen LogP contribution in [0.3, 0.4) is 0 Å². The van der Waals surface area contributed by atoms with Crippen LogP contribution in [0, 0.1) is 6.92 Å². The van der Waals surface area contributed by atoms with E-state index in [4.69, 9.17) is 10.7 Å². The summed E-state index contributed by atoms with van der Waals surface area (Å²) in [6, 6.07) is 27.0. The molecule has 1 aromatic heterocycles. The van der Waals surface area contributed by atoms with Gasteiger partial charge >= 0.3 is 0 Å². The number of benzene rings is 3. The molecule has 0 amide bonds. The van der Waals surface area contributed by atoms with Crippen molar-refractivity contribution in [1.82, 2.24) is 4.98 Å². The zero-order valence-electron chi connectivity index (χ0n) is 13.5. The third-order valence-electron chi connectivity index (χ3n) is 4.30. The van der Waals surface area contributed by atoms with Gasteiger partial charge < -0.3 is 5.73 Å². The first-order valence-corrected chi connectivity index (χ1v) is 8.05. The van der Waals surface area contributed by atoms with E-state index in [0.717, 1.165) is 33.2 Å². The molecule has 0 atom stereocenters. The summed E-state index contributed by atoms with van der Waals surface area (Å²) >= 11 is 0. The predicted octanol–water partition coefficient (Wildman–Crippen LogP) is 5.46. The fraction of sp³-hybridized carbons (Fsp3) is 0.0455. The second kappa shape index (κ2) is 5.82. The van der Waals surface area contributed by atoms with Crippen molar-refractivity contribution in [2.75, 3.05) is 5.73 Å². The van der Waals surface area contributed by atoms with Crippen molar-refractivity contribution in [1.29, 1.82) is 0 Å². The zero-order chi connectivity index (χ0) is 16.5. The minimum absolute atomic E-state index is 0.573. The highest BCUT2D eigenvalue weighted by Gasteiger charge is 2.15. The number of anilines is 1. The van der Waals surface area contributed by atoms with Gasteiger partial charge in [0.2, 0.25) is 0 Å². The lowest BCUT2D eigenvalue weighted by atomic mass is 9.93. The van der Waals surface area contributed by atoms with Crippen LogP contribution in [0.25, 0.3) is 33.2 Å². The second-order valence-corrected chi connectivity index (χ2v) is 6.00. The van der Waals surface area contributed by atoms with Gasteiger partial charge in [-0.1, -0.05) is 84.4 Å². The Morgan fingerprint density at radius 2 is 1.33 bits per heavy atom. The highest BCUT2D eigenvalue weighted by atomic mass is 14.8. The maximum atomic E-state index is 6.28. The van der Waals surface area contributed by atoms with Gasteiger partial charge in [-0.05, 0) is 17.9 Å². The summed E-state index contributed by atoms with van der Waals surface area (Å²) in [5, 5.41) is 2.15. The van der Waals surface area contributed by atoms with Gasteiger partial charge in [-0.2, -0.15) is 0 Å². The smallest absolute Gasteiger partial charge is 0.132 e. The van der Waals surface area contributed by atoms with Crippen molar-refractivity contribution in [2.24, 2.45) is 0 Å². The van der Waals surface area contributed by atoms with Crippen LogP contribution in [0.2, 0.25) is 0 Å². The average Bonchev–Trinajstić information content (AvgIpc) is 2.63. The fourth-order valence-corrected chi connectivity index (χ4v) is 3.15. The molecule has 0 unspecified atom stereocenters. The van der Waals surface area contributed by atoms with Crippen molar-refractivity contribution < 1.29 is 0 Å². The number of rotatable bonds is 2. The Kier molecular flexibility index (Phi) is 3.51. The number of fused-ring (bicyclic) bond motifs is 1. The van der Waals surface area contributed by atoms with E-state index in [-0.39, 0.29) is 0 Å². The Bertz CT molecular complexity index is 1010. The van der Waals surface area contributed by atoms with E-state index in [9.17, 15) is 0 Å². The van der Waals surface area contributed by atoms with Gasteiger partial charge in [0.15, 0.2) is 0 Å². The normalized spacial score (nSPS) is 10.9. The van der Waals surface area contributed by atoms with Gasteiger partial charge in [0.05, 0.1) is 5.69 Å². The summed E-state index contributed by atoms with van der Waals surface area (Å²) < 4.78 is 0. The summed E-state index contributed by atoms with van der Waals surface area (Å²) in [5.74, 6) is 0.573. The third-order valence-corrected chi connectivity index (χ3v) is 4.30. The van der Waals surface area contributed by atoms with Gasteiger partial charge in [0.1, 0.15) is 5.82 Å². The number of nitrogens with zero attached hydrogens (tertiary/aromatic N) is 1. The molecule has 0 fully saturated rings. The average molecular weight is 310 g/mol. The van der Waals surface area contributed by atoms with E-state index in [1.807, 2.05) is 24.3 Å². The van der Waals surface area contributed by atoms with E-state index in [1.165, 1.54) is 5.56 Å². The lowest BCUT2D eigenvalue weighted by Crippen LogP contribution is -1.98.